The van der Waals surface area contributed by atoms with Gasteiger partial charge in [0.05, 0.1) is 12.3 Å². The fraction of sp³-hybridized carbons (Fsp3) is 0.875. The first-order chi connectivity index (χ1) is 6.77. The molecule has 4 N–H and O–H groups in total. The summed E-state index contributed by atoms with van der Waals surface area (Å²) in [4.78, 5) is 10.2. The number of hydrogen-bond acceptors (Lipinski definition) is 3. The summed E-state index contributed by atoms with van der Waals surface area (Å²) in [5.74, 6) is -3.34. The Morgan fingerprint density at radius 3 is 2.40 bits per heavy atom. The van der Waals surface area contributed by atoms with Crippen LogP contribution in [0.25, 0.3) is 0 Å². The second-order valence-electron chi connectivity index (χ2n) is 3.39. The van der Waals surface area contributed by atoms with Gasteiger partial charge in [0, 0.05) is 12.6 Å². The van der Waals surface area contributed by atoms with Crippen LogP contribution in [0.3, 0.4) is 0 Å². The highest BCUT2D eigenvalue weighted by molar-refractivity contribution is 5.67. The van der Waals surface area contributed by atoms with Gasteiger partial charge in [-0.05, 0) is 13.5 Å². The predicted octanol–water partition coefficient (Wildman–Crippen LogP) is 0.576. The topological polar surface area (TPSA) is 75.3 Å². The van der Waals surface area contributed by atoms with Crippen molar-refractivity contribution in [3.8, 4) is 0 Å². The first-order valence-corrected chi connectivity index (χ1v) is 4.46. The lowest BCUT2D eigenvalue weighted by Crippen LogP contribution is -2.38. The highest BCUT2D eigenvalue weighted by Crippen LogP contribution is 2.32. The molecule has 0 aromatic rings. The van der Waals surface area contributed by atoms with E-state index in [9.17, 15) is 18.0 Å². The van der Waals surface area contributed by atoms with Crippen LogP contribution in [-0.2, 0) is 4.79 Å². The number of carbonyl (C=O) groups is 1. The summed E-state index contributed by atoms with van der Waals surface area (Å²) >= 11 is 0. The highest BCUT2D eigenvalue weighted by atomic mass is 19.4. The molecule has 0 amide bonds. The Kier molecular flexibility index (Phi) is 5.59. The van der Waals surface area contributed by atoms with Crippen molar-refractivity contribution >= 4 is 5.97 Å². The lowest BCUT2D eigenvalue weighted by Gasteiger charge is -2.21. The molecular formula is C8H15F3N2O2. The number of likely N-dealkylation sites (N-methyl/N-ethyl adjacent to an activating group) is 1. The van der Waals surface area contributed by atoms with E-state index in [4.69, 9.17) is 10.8 Å². The van der Waals surface area contributed by atoms with E-state index in [0.717, 1.165) is 0 Å². The molecule has 0 unspecified atom stereocenters. The monoisotopic (exact) mass is 228 g/mol. The number of nitrogens with one attached hydrogen (secondary N) is 1. The highest BCUT2D eigenvalue weighted by Gasteiger charge is 2.41. The molecule has 0 spiro atoms. The molecule has 0 aliphatic carbocycles. The molecule has 0 aliphatic rings. The van der Waals surface area contributed by atoms with Crippen LogP contribution >= 0.6 is 0 Å². The first kappa shape index (κ1) is 14.2. The van der Waals surface area contributed by atoms with Gasteiger partial charge in [-0.1, -0.05) is 0 Å². The maximum atomic E-state index is 12.3. The van der Waals surface area contributed by atoms with Crippen LogP contribution < -0.4 is 11.1 Å². The van der Waals surface area contributed by atoms with Crippen molar-refractivity contribution in [2.45, 2.75) is 25.1 Å². The minimum absolute atomic E-state index is 0.228. The number of nitrogens with two attached hydrogens (primary N) is 1. The molecule has 0 bridgehead atoms. The summed E-state index contributed by atoms with van der Waals surface area (Å²) in [5, 5.41) is 11.0. The average Bonchev–Trinajstić information content (AvgIpc) is 2.00. The molecule has 2 atom stereocenters. The van der Waals surface area contributed by atoms with Gasteiger partial charge < -0.3 is 16.2 Å². The minimum Gasteiger partial charge on any atom is -0.481 e. The SMILES string of the molecule is CNC[C@H](N)C[C@@H](CC(=O)O)C(F)(F)F. The maximum absolute atomic E-state index is 12.3. The van der Waals surface area contributed by atoms with Gasteiger partial charge in [0.15, 0.2) is 0 Å². The molecule has 0 aromatic heterocycles. The smallest absolute Gasteiger partial charge is 0.392 e. The second-order valence-corrected chi connectivity index (χ2v) is 3.39. The third-order valence-corrected chi connectivity index (χ3v) is 1.94. The van der Waals surface area contributed by atoms with Gasteiger partial charge in [0.1, 0.15) is 0 Å². The van der Waals surface area contributed by atoms with E-state index in [-0.39, 0.29) is 13.0 Å². The lowest BCUT2D eigenvalue weighted by molar-refractivity contribution is -0.185. The third-order valence-electron chi connectivity index (χ3n) is 1.94. The molecule has 0 saturated heterocycles. The van der Waals surface area contributed by atoms with Crippen LogP contribution in [0.4, 0.5) is 13.2 Å². The van der Waals surface area contributed by atoms with E-state index in [1.807, 2.05) is 0 Å². The Hall–Kier alpha value is -0.820. The third kappa shape index (κ3) is 6.29. The predicted molar refractivity (Wildman–Crippen MR) is 48.3 cm³/mol. The molecule has 7 heteroatoms. The van der Waals surface area contributed by atoms with E-state index in [0.29, 0.717) is 0 Å². The molecule has 90 valence electrons. The number of halogens is 3. The molecule has 0 rings (SSSR count). The van der Waals surface area contributed by atoms with Crippen LogP contribution in [0.2, 0.25) is 0 Å². The quantitative estimate of drug-likeness (QED) is 0.621. The normalized spacial score (nSPS) is 16.1. The fourth-order valence-corrected chi connectivity index (χ4v) is 1.25. The first-order valence-electron chi connectivity index (χ1n) is 4.46. The molecule has 0 fully saturated rings. The Bertz CT molecular complexity index is 209. The van der Waals surface area contributed by atoms with Gasteiger partial charge >= 0.3 is 12.1 Å². The Morgan fingerprint density at radius 1 is 1.53 bits per heavy atom. The van der Waals surface area contributed by atoms with Crippen molar-refractivity contribution in [3.63, 3.8) is 0 Å². The number of aliphatic carboxylic acids is 1. The summed E-state index contributed by atoms with van der Waals surface area (Å²) in [6.07, 6.45) is -5.82. The maximum Gasteiger partial charge on any atom is 0.392 e. The zero-order chi connectivity index (χ0) is 12.1. The van der Waals surface area contributed by atoms with Gasteiger partial charge in [-0.15, -0.1) is 0 Å². The van der Waals surface area contributed by atoms with Crippen LogP contribution in [0.1, 0.15) is 12.8 Å². The van der Waals surface area contributed by atoms with Crippen molar-refractivity contribution in [2.75, 3.05) is 13.6 Å². The Labute approximate surface area is 85.6 Å². The zero-order valence-corrected chi connectivity index (χ0v) is 8.34. The lowest BCUT2D eigenvalue weighted by atomic mass is 9.96. The van der Waals surface area contributed by atoms with E-state index in [2.05, 4.69) is 5.32 Å². The number of hydrogen-bond donors (Lipinski definition) is 3. The van der Waals surface area contributed by atoms with Crippen LogP contribution in [0.5, 0.6) is 0 Å². The summed E-state index contributed by atoms with van der Waals surface area (Å²) in [6.45, 7) is 0.228. The molecule has 15 heavy (non-hydrogen) atoms. The number of carboxylic acids is 1. The van der Waals surface area contributed by atoms with E-state index in [1.165, 1.54) is 0 Å². The van der Waals surface area contributed by atoms with E-state index in [1.54, 1.807) is 7.05 Å². The van der Waals surface area contributed by atoms with Crippen LogP contribution in [0.15, 0.2) is 0 Å². The summed E-state index contributed by atoms with van der Waals surface area (Å²) in [5.41, 5.74) is 5.40. The largest absolute Gasteiger partial charge is 0.481 e. The van der Waals surface area contributed by atoms with E-state index >= 15 is 0 Å². The van der Waals surface area contributed by atoms with Gasteiger partial charge in [-0.25, -0.2) is 0 Å². The van der Waals surface area contributed by atoms with Crippen molar-refractivity contribution in [1.82, 2.24) is 5.32 Å². The van der Waals surface area contributed by atoms with Crippen LogP contribution in [-0.4, -0.2) is 36.9 Å². The Morgan fingerprint density at radius 2 is 2.07 bits per heavy atom. The molecule has 0 aromatic carbocycles. The molecule has 4 nitrogen and oxygen atoms in total. The second kappa shape index (κ2) is 5.92. The van der Waals surface area contributed by atoms with Crippen LogP contribution in [0, 0.1) is 5.92 Å². The molecule has 0 radical (unpaired) electrons. The molecular weight excluding hydrogens is 213 g/mol. The number of carboxylic acid groups (broad SMARTS) is 1. The van der Waals surface area contributed by atoms with Gasteiger partial charge in [-0.2, -0.15) is 13.2 Å². The summed E-state index contributed by atoms with van der Waals surface area (Å²) in [7, 11) is 1.57. The summed E-state index contributed by atoms with van der Waals surface area (Å²) < 4.78 is 37.0. The van der Waals surface area contributed by atoms with E-state index < -0.39 is 30.5 Å². The van der Waals surface area contributed by atoms with Gasteiger partial charge in [0.2, 0.25) is 0 Å². The minimum atomic E-state index is -4.51. The standard InChI is InChI=1S/C8H15F3N2O2/c1-13-4-6(12)2-5(3-7(14)15)8(9,10)11/h5-6,13H,2-4,12H2,1H3,(H,14,15)/t5-,6+/m0/s1. The number of alkyl halides is 3. The average molecular weight is 228 g/mol. The van der Waals surface area contributed by atoms with Gasteiger partial charge in [-0.3, -0.25) is 4.79 Å². The summed E-state index contributed by atoms with van der Waals surface area (Å²) in [6, 6.07) is -0.694. The van der Waals surface area contributed by atoms with Gasteiger partial charge in [0.25, 0.3) is 0 Å². The van der Waals surface area contributed by atoms with Crippen molar-refractivity contribution < 1.29 is 23.1 Å². The zero-order valence-electron chi connectivity index (χ0n) is 8.34. The Balaban J connectivity index is 4.31. The molecule has 0 heterocycles. The van der Waals surface area contributed by atoms with Crippen molar-refractivity contribution in [2.24, 2.45) is 11.7 Å². The number of rotatable bonds is 6. The molecule has 0 saturated carbocycles. The van der Waals surface area contributed by atoms with Crippen molar-refractivity contribution in [1.29, 1.82) is 0 Å². The fourth-order valence-electron chi connectivity index (χ4n) is 1.25. The van der Waals surface area contributed by atoms with Crippen molar-refractivity contribution in [3.05, 3.63) is 0 Å². The molecule has 0 aliphatic heterocycles.